The van der Waals surface area contributed by atoms with Crippen molar-refractivity contribution in [1.82, 2.24) is 19.8 Å². The summed E-state index contributed by atoms with van der Waals surface area (Å²) in [6.45, 7) is 0.113. The van der Waals surface area contributed by atoms with Crippen LogP contribution in [-0.2, 0) is 12.5 Å². The van der Waals surface area contributed by atoms with Crippen molar-refractivity contribution in [2.24, 2.45) is 0 Å². The maximum Gasteiger partial charge on any atom is 0.573 e. The molecule has 0 fully saturated rings. The number of aromatic nitrogens is 4. The molecule has 6 nitrogen and oxygen atoms in total. The zero-order chi connectivity index (χ0) is 19.1. The summed E-state index contributed by atoms with van der Waals surface area (Å²) in [4.78, 5) is 0. The van der Waals surface area contributed by atoms with Gasteiger partial charge < -0.3 is 9.84 Å². The minimum atomic E-state index is -4.83. The van der Waals surface area contributed by atoms with E-state index in [2.05, 4.69) is 20.0 Å². The van der Waals surface area contributed by atoms with Crippen LogP contribution < -0.4 is 4.74 Å². The molecule has 0 atom stereocenters. The summed E-state index contributed by atoms with van der Waals surface area (Å²) in [5.74, 6) is -4.49. The number of benzene rings is 1. The van der Waals surface area contributed by atoms with Crippen molar-refractivity contribution in [2.45, 2.75) is 25.8 Å². The average molecular weight is 374 g/mol. The van der Waals surface area contributed by atoms with Crippen molar-refractivity contribution in [3.8, 4) is 17.0 Å². The molecule has 0 spiro atoms. The van der Waals surface area contributed by atoms with Gasteiger partial charge in [0.25, 0.3) is 0 Å². The summed E-state index contributed by atoms with van der Waals surface area (Å²) in [7, 11) is 0. The van der Waals surface area contributed by atoms with E-state index in [1.165, 1.54) is 18.2 Å². The van der Waals surface area contributed by atoms with Crippen molar-refractivity contribution in [2.75, 3.05) is 0 Å². The maximum atomic E-state index is 13.6. The fourth-order valence-electron chi connectivity index (χ4n) is 2.30. The highest BCUT2D eigenvalue weighted by atomic mass is 19.4. The third-order valence-corrected chi connectivity index (χ3v) is 3.39. The largest absolute Gasteiger partial charge is 0.573 e. The number of alkyl halides is 5. The third-order valence-electron chi connectivity index (χ3n) is 3.39. The van der Waals surface area contributed by atoms with Gasteiger partial charge >= 0.3 is 12.3 Å². The van der Waals surface area contributed by atoms with Crippen LogP contribution in [0.5, 0.6) is 5.75 Å². The Hall–Kier alpha value is -2.82. The number of halogens is 5. The molecule has 3 rings (SSSR count). The molecule has 0 aliphatic rings. The zero-order valence-electron chi connectivity index (χ0n) is 13.1. The molecule has 0 amide bonds. The summed E-state index contributed by atoms with van der Waals surface area (Å²) in [6.07, 6.45) is -4.83. The fourth-order valence-corrected chi connectivity index (χ4v) is 2.30. The molecule has 26 heavy (non-hydrogen) atoms. The lowest BCUT2D eigenvalue weighted by atomic mass is 10.1. The van der Waals surface area contributed by atoms with Crippen LogP contribution >= 0.6 is 0 Å². The van der Waals surface area contributed by atoms with Gasteiger partial charge in [0, 0.05) is 18.1 Å². The maximum absolute atomic E-state index is 13.6. The van der Waals surface area contributed by atoms with Crippen molar-refractivity contribution in [1.29, 1.82) is 0 Å². The standard InChI is InChI=1S/C15H11F5N4O2/c1-14(16,17)13-22-21-12-9(7-25)6-11(23-24(12)13)8-2-4-10(5-3-8)26-15(18,19)20/h2-6,25H,7H2,1H3. The normalized spacial score (nSPS) is 12.6. The van der Waals surface area contributed by atoms with E-state index in [-0.39, 0.29) is 16.9 Å². The molecular formula is C15H11F5N4O2. The number of ether oxygens (including phenoxy) is 1. The van der Waals surface area contributed by atoms with E-state index in [1.54, 1.807) is 0 Å². The average Bonchev–Trinajstić information content (AvgIpc) is 2.97. The van der Waals surface area contributed by atoms with Crippen molar-refractivity contribution < 1.29 is 31.8 Å². The number of rotatable bonds is 4. The highest BCUT2D eigenvalue weighted by molar-refractivity contribution is 5.63. The molecule has 0 aliphatic heterocycles. The van der Waals surface area contributed by atoms with Gasteiger partial charge in [-0.05, 0) is 30.3 Å². The number of hydrogen-bond acceptors (Lipinski definition) is 5. The van der Waals surface area contributed by atoms with Crippen LogP contribution in [0.4, 0.5) is 22.0 Å². The van der Waals surface area contributed by atoms with Crippen LogP contribution in [0.25, 0.3) is 16.9 Å². The summed E-state index contributed by atoms with van der Waals surface area (Å²) in [6, 6.07) is 6.08. The monoisotopic (exact) mass is 374 g/mol. The molecule has 2 heterocycles. The van der Waals surface area contributed by atoms with Crippen molar-refractivity contribution >= 4 is 5.65 Å². The van der Waals surface area contributed by atoms with E-state index >= 15 is 0 Å². The number of aliphatic hydroxyl groups is 1. The molecule has 0 saturated heterocycles. The molecule has 11 heteroatoms. The first-order valence-corrected chi connectivity index (χ1v) is 7.19. The van der Waals surface area contributed by atoms with E-state index < -0.39 is 30.5 Å². The lowest BCUT2D eigenvalue weighted by molar-refractivity contribution is -0.274. The summed E-state index contributed by atoms with van der Waals surface area (Å²) in [5.41, 5.74) is 0.624. The van der Waals surface area contributed by atoms with Gasteiger partial charge in [-0.1, -0.05) is 0 Å². The Morgan fingerprint density at radius 1 is 1.08 bits per heavy atom. The van der Waals surface area contributed by atoms with Crippen molar-refractivity contribution in [3.63, 3.8) is 0 Å². The molecule has 0 radical (unpaired) electrons. The van der Waals surface area contributed by atoms with Crippen molar-refractivity contribution in [3.05, 3.63) is 41.7 Å². The highest BCUT2D eigenvalue weighted by Crippen LogP contribution is 2.29. The van der Waals surface area contributed by atoms with Gasteiger partial charge in [0.15, 0.2) is 5.65 Å². The minimum absolute atomic E-state index is 0.0372. The molecular weight excluding hydrogens is 363 g/mol. The third kappa shape index (κ3) is 3.57. The van der Waals surface area contributed by atoms with Gasteiger partial charge in [0.1, 0.15) is 5.75 Å². The highest BCUT2D eigenvalue weighted by Gasteiger charge is 2.33. The molecule has 1 N–H and O–H groups in total. The Bertz CT molecular complexity index is 932. The van der Waals surface area contributed by atoms with Crippen LogP contribution in [-0.4, -0.2) is 31.3 Å². The van der Waals surface area contributed by atoms with Gasteiger partial charge in [-0.15, -0.1) is 23.4 Å². The molecule has 0 saturated carbocycles. The van der Waals surface area contributed by atoms with Gasteiger partial charge in [0.2, 0.25) is 5.82 Å². The molecule has 3 aromatic rings. The predicted octanol–water partition coefficient (Wildman–Crippen LogP) is 3.29. The molecule has 0 aliphatic carbocycles. The second-order valence-electron chi connectivity index (χ2n) is 5.43. The lowest BCUT2D eigenvalue weighted by Gasteiger charge is -2.11. The van der Waals surface area contributed by atoms with Gasteiger partial charge in [-0.3, -0.25) is 0 Å². The number of hydrogen-bond donors (Lipinski definition) is 1. The Morgan fingerprint density at radius 2 is 1.73 bits per heavy atom. The zero-order valence-corrected chi connectivity index (χ0v) is 13.1. The Kier molecular flexibility index (Phi) is 4.26. The minimum Gasteiger partial charge on any atom is -0.406 e. The van der Waals surface area contributed by atoms with Crippen LogP contribution in [0.3, 0.4) is 0 Å². The van der Waals surface area contributed by atoms with Crippen LogP contribution in [0, 0.1) is 0 Å². The summed E-state index contributed by atoms with van der Waals surface area (Å²) < 4.78 is 68.5. The first-order chi connectivity index (χ1) is 12.1. The Morgan fingerprint density at radius 3 is 2.27 bits per heavy atom. The Labute approximate surface area is 142 Å². The summed E-state index contributed by atoms with van der Waals surface area (Å²) in [5, 5.41) is 20.5. The first kappa shape index (κ1) is 18.0. The first-order valence-electron chi connectivity index (χ1n) is 7.19. The van der Waals surface area contributed by atoms with Gasteiger partial charge in [0.05, 0.1) is 12.3 Å². The smallest absolute Gasteiger partial charge is 0.406 e. The van der Waals surface area contributed by atoms with E-state index in [9.17, 15) is 27.1 Å². The number of aliphatic hydroxyl groups excluding tert-OH is 1. The van der Waals surface area contributed by atoms with E-state index in [0.29, 0.717) is 12.5 Å². The van der Waals surface area contributed by atoms with E-state index in [1.807, 2.05) is 0 Å². The molecule has 138 valence electrons. The second-order valence-corrected chi connectivity index (χ2v) is 5.43. The van der Waals surface area contributed by atoms with Gasteiger partial charge in [-0.2, -0.15) is 18.4 Å². The molecule has 1 aromatic carbocycles. The second kappa shape index (κ2) is 6.16. The van der Waals surface area contributed by atoms with E-state index in [4.69, 9.17) is 0 Å². The van der Waals surface area contributed by atoms with Crippen LogP contribution in [0.2, 0.25) is 0 Å². The number of fused-ring (bicyclic) bond motifs is 1. The quantitative estimate of drug-likeness (QED) is 0.710. The lowest BCUT2D eigenvalue weighted by Crippen LogP contribution is -2.17. The predicted molar refractivity (Wildman–Crippen MR) is 78.4 cm³/mol. The SMILES string of the molecule is CC(F)(F)c1nnc2c(CO)cc(-c3ccc(OC(F)(F)F)cc3)nn12. The molecule has 0 unspecified atom stereocenters. The van der Waals surface area contributed by atoms with Crippen LogP contribution in [0.15, 0.2) is 30.3 Å². The number of nitrogens with zero attached hydrogens (tertiary/aromatic N) is 4. The molecule has 0 bridgehead atoms. The summed E-state index contributed by atoms with van der Waals surface area (Å²) >= 11 is 0. The van der Waals surface area contributed by atoms with Gasteiger partial charge in [-0.25, -0.2) is 0 Å². The Balaban J connectivity index is 2.07. The van der Waals surface area contributed by atoms with E-state index in [0.717, 1.165) is 16.6 Å². The fraction of sp³-hybridized carbons (Fsp3) is 0.267. The topological polar surface area (TPSA) is 72.5 Å². The van der Waals surface area contributed by atoms with Crippen LogP contribution in [0.1, 0.15) is 18.3 Å². The molecule has 2 aromatic heterocycles.